The molecular weight excluding hydrogens is 212 g/mol. The number of carbonyl (C=O) groups is 1. The van der Waals surface area contributed by atoms with E-state index in [1.165, 1.54) is 12.3 Å². The lowest BCUT2D eigenvalue weighted by atomic mass is 10.2. The number of hydrogen-bond donors (Lipinski definition) is 1. The van der Waals surface area contributed by atoms with Gasteiger partial charge in [0.15, 0.2) is 5.69 Å². The Kier molecular flexibility index (Phi) is 3.31. The molecule has 1 saturated heterocycles. The quantitative estimate of drug-likeness (QED) is 0.812. The third-order valence-electron chi connectivity index (χ3n) is 2.27. The molecule has 0 saturated carbocycles. The molecule has 1 aromatic heterocycles. The predicted molar refractivity (Wildman–Crippen MR) is 53.5 cm³/mol. The van der Waals surface area contributed by atoms with E-state index in [-0.39, 0.29) is 17.8 Å². The monoisotopic (exact) mass is 224 g/mol. The van der Waals surface area contributed by atoms with Gasteiger partial charge in [0.05, 0.1) is 6.10 Å². The van der Waals surface area contributed by atoms with E-state index in [4.69, 9.17) is 14.6 Å². The van der Waals surface area contributed by atoms with Crippen molar-refractivity contribution in [2.75, 3.05) is 13.2 Å². The van der Waals surface area contributed by atoms with Gasteiger partial charge < -0.3 is 14.6 Å². The first-order chi connectivity index (χ1) is 7.75. The standard InChI is InChI=1S/C10H12N2O4/c13-9(14)8-3-4-11-10(12-8)16-6-7-2-1-5-15-7/h3-4,7H,1-2,5-6H2,(H,13,14). The molecule has 1 N–H and O–H groups in total. The lowest BCUT2D eigenvalue weighted by Crippen LogP contribution is -2.17. The fourth-order valence-electron chi connectivity index (χ4n) is 1.47. The number of carboxylic acids is 1. The number of carboxylic acid groups (broad SMARTS) is 1. The molecule has 1 fully saturated rings. The predicted octanol–water partition coefficient (Wildman–Crippen LogP) is 0.733. The van der Waals surface area contributed by atoms with Crippen molar-refractivity contribution < 1.29 is 19.4 Å². The number of rotatable bonds is 4. The van der Waals surface area contributed by atoms with Crippen LogP contribution in [0.25, 0.3) is 0 Å². The van der Waals surface area contributed by atoms with Crippen molar-refractivity contribution in [2.45, 2.75) is 18.9 Å². The fraction of sp³-hybridized carbons (Fsp3) is 0.500. The summed E-state index contributed by atoms with van der Waals surface area (Å²) in [6.45, 7) is 1.12. The molecule has 2 rings (SSSR count). The molecule has 2 heterocycles. The van der Waals surface area contributed by atoms with E-state index in [1.807, 2.05) is 0 Å². The molecule has 6 nitrogen and oxygen atoms in total. The summed E-state index contributed by atoms with van der Waals surface area (Å²) in [5.74, 6) is -1.09. The van der Waals surface area contributed by atoms with E-state index in [1.54, 1.807) is 0 Å². The van der Waals surface area contributed by atoms with Crippen molar-refractivity contribution in [1.82, 2.24) is 9.97 Å². The summed E-state index contributed by atoms with van der Waals surface area (Å²) in [6.07, 6.45) is 3.42. The first-order valence-electron chi connectivity index (χ1n) is 5.06. The van der Waals surface area contributed by atoms with Gasteiger partial charge in [-0.25, -0.2) is 9.78 Å². The lowest BCUT2D eigenvalue weighted by molar-refractivity contribution is 0.0632. The minimum absolute atomic E-state index is 0.0667. The molecule has 0 aliphatic carbocycles. The van der Waals surface area contributed by atoms with Crippen LogP contribution in [0.15, 0.2) is 12.3 Å². The maximum atomic E-state index is 10.6. The van der Waals surface area contributed by atoms with Crippen LogP contribution < -0.4 is 4.74 Å². The Labute approximate surface area is 92.2 Å². The van der Waals surface area contributed by atoms with E-state index in [2.05, 4.69) is 9.97 Å². The van der Waals surface area contributed by atoms with Crippen LogP contribution in [0.1, 0.15) is 23.3 Å². The van der Waals surface area contributed by atoms with E-state index >= 15 is 0 Å². The summed E-state index contributed by atoms with van der Waals surface area (Å²) in [7, 11) is 0. The molecule has 0 bridgehead atoms. The van der Waals surface area contributed by atoms with Crippen LogP contribution in [0.3, 0.4) is 0 Å². The first kappa shape index (κ1) is 10.8. The van der Waals surface area contributed by atoms with E-state index < -0.39 is 5.97 Å². The Balaban J connectivity index is 1.93. The Morgan fingerprint density at radius 1 is 1.69 bits per heavy atom. The molecule has 86 valence electrons. The van der Waals surface area contributed by atoms with Gasteiger partial charge in [0.25, 0.3) is 0 Å². The van der Waals surface area contributed by atoms with Crippen LogP contribution in [0, 0.1) is 0 Å². The van der Waals surface area contributed by atoms with E-state index in [9.17, 15) is 4.79 Å². The summed E-state index contributed by atoms with van der Waals surface area (Å²) >= 11 is 0. The largest absolute Gasteiger partial charge is 0.477 e. The number of ether oxygens (including phenoxy) is 2. The second-order valence-corrected chi connectivity index (χ2v) is 3.48. The first-order valence-corrected chi connectivity index (χ1v) is 5.06. The van der Waals surface area contributed by atoms with Crippen molar-refractivity contribution in [3.63, 3.8) is 0 Å². The van der Waals surface area contributed by atoms with Gasteiger partial charge in [0.2, 0.25) is 0 Å². The molecule has 0 aromatic carbocycles. The molecule has 16 heavy (non-hydrogen) atoms. The molecule has 1 atom stereocenters. The smallest absolute Gasteiger partial charge is 0.354 e. The minimum atomic E-state index is -1.09. The molecular formula is C10H12N2O4. The van der Waals surface area contributed by atoms with Crippen molar-refractivity contribution in [3.05, 3.63) is 18.0 Å². The van der Waals surface area contributed by atoms with Crippen molar-refractivity contribution >= 4 is 5.97 Å². The van der Waals surface area contributed by atoms with Crippen LogP contribution in [-0.4, -0.2) is 40.4 Å². The topological polar surface area (TPSA) is 81.5 Å². The van der Waals surface area contributed by atoms with E-state index in [0.717, 1.165) is 19.4 Å². The third kappa shape index (κ3) is 2.66. The second-order valence-electron chi connectivity index (χ2n) is 3.48. The SMILES string of the molecule is O=C(O)c1ccnc(OCC2CCCO2)n1. The number of hydrogen-bond acceptors (Lipinski definition) is 5. The Morgan fingerprint density at radius 3 is 3.25 bits per heavy atom. The summed E-state index contributed by atoms with van der Waals surface area (Å²) < 4.78 is 10.6. The van der Waals surface area contributed by atoms with Gasteiger partial charge in [0, 0.05) is 12.8 Å². The van der Waals surface area contributed by atoms with Crippen LogP contribution in [0.2, 0.25) is 0 Å². The Bertz CT molecular complexity index is 377. The third-order valence-corrected chi connectivity index (χ3v) is 2.27. The van der Waals surface area contributed by atoms with Gasteiger partial charge in [-0.05, 0) is 18.9 Å². The highest BCUT2D eigenvalue weighted by Crippen LogP contribution is 2.13. The molecule has 1 aromatic rings. The zero-order valence-electron chi connectivity index (χ0n) is 8.63. The average molecular weight is 224 g/mol. The average Bonchev–Trinajstić information content (AvgIpc) is 2.79. The van der Waals surface area contributed by atoms with Crippen LogP contribution >= 0.6 is 0 Å². The lowest BCUT2D eigenvalue weighted by Gasteiger charge is -2.09. The Morgan fingerprint density at radius 2 is 2.56 bits per heavy atom. The van der Waals surface area contributed by atoms with Crippen LogP contribution in [0.5, 0.6) is 6.01 Å². The van der Waals surface area contributed by atoms with Gasteiger partial charge in [-0.2, -0.15) is 4.98 Å². The van der Waals surface area contributed by atoms with Crippen molar-refractivity contribution in [3.8, 4) is 6.01 Å². The second kappa shape index (κ2) is 4.89. The van der Waals surface area contributed by atoms with Crippen molar-refractivity contribution in [2.24, 2.45) is 0 Å². The van der Waals surface area contributed by atoms with Gasteiger partial charge in [-0.1, -0.05) is 0 Å². The van der Waals surface area contributed by atoms with Gasteiger partial charge in [-0.3, -0.25) is 0 Å². The van der Waals surface area contributed by atoms with Crippen LogP contribution in [0.4, 0.5) is 0 Å². The molecule has 1 aliphatic heterocycles. The fourth-order valence-corrected chi connectivity index (χ4v) is 1.47. The summed E-state index contributed by atoms with van der Waals surface area (Å²) in [6, 6.07) is 1.40. The number of aromatic carboxylic acids is 1. The highest BCUT2D eigenvalue weighted by Gasteiger charge is 2.17. The van der Waals surface area contributed by atoms with Gasteiger partial charge >= 0.3 is 12.0 Å². The molecule has 1 aliphatic rings. The van der Waals surface area contributed by atoms with Crippen LogP contribution in [-0.2, 0) is 4.74 Å². The number of aromatic nitrogens is 2. The zero-order chi connectivity index (χ0) is 11.4. The summed E-state index contributed by atoms with van der Waals surface area (Å²) in [4.78, 5) is 18.2. The zero-order valence-corrected chi connectivity index (χ0v) is 8.63. The van der Waals surface area contributed by atoms with Crippen molar-refractivity contribution in [1.29, 1.82) is 0 Å². The molecule has 1 unspecified atom stereocenters. The van der Waals surface area contributed by atoms with E-state index in [0.29, 0.717) is 6.61 Å². The highest BCUT2D eigenvalue weighted by atomic mass is 16.5. The maximum Gasteiger partial charge on any atom is 0.354 e. The highest BCUT2D eigenvalue weighted by molar-refractivity contribution is 5.85. The van der Waals surface area contributed by atoms with Gasteiger partial charge in [-0.15, -0.1) is 0 Å². The molecule has 0 radical (unpaired) electrons. The summed E-state index contributed by atoms with van der Waals surface area (Å²) in [5.41, 5.74) is -0.0719. The normalized spacial score (nSPS) is 19.6. The maximum absolute atomic E-state index is 10.6. The minimum Gasteiger partial charge on any atom is -0.477 e. The Hall–Kier alpha value is -1.69. The summed E-state index contributed by atoms with van der Waals surface area (Å²) in [5, 5.41) is 8.72. The molecule has 0 spiro atoms. The molecule has 0 amide bonds. The van der Waals surface area contributed by atoms with Gasteiger partial charge in [0.1, 0.15) is 6.61 Å². The molecule has 6 heteroatoms. The number of nitrogens with zero attached hydrogens (tertiary/aromatic N) is 2.